The second-order valence-electron chi connectivity index (χ2n) is 24.1. The van der Waals surface area contributed by atoms with Crippen LogP contribution in [-0.4, -0.2) is 157 Å². The molecule has 31 nitrogen and oxygen atoms in total. The number of H-pyrrole nitrogens is 3. The molecule has 7 N–H and O–H groups in total. The summed E-state index contributed by atoms with van der Waals surface area (Å²) in [4.78, 5) is 115. The van der Waals surface area contributed by atoms with Crippen molar-refractivity contribution in [2.45, 2.75) is 249 Å². The standard InChI is InChI=1S/C16H24FN3O6.C16H36N.C12H22ClNO4.C11H21NO4.C4H3FN2O2.CH2Cl2O3S.CH4.H2O4S/c1-16(2,3)26-15(24)18-8-6-4-5-7-12(21)25-10-20-9-11(17)13(22)19-14(20)23;1-5-9-13-17(14-10-6-2,15-11-7-3)16-12-8-4;1-12(2,3)18-11(16)14-8-6-4-5-7-10(15)17-9-13;1-11(2,3)16-10(15)12-8-6-4-5-7-9(13)14;5-2-1-6-4(9)7-3(2)8;2-1-6-7(3,4)5;;1-4-5(2)3/h9H,4-8,10H2,1-3H3,(H,18,24)(H,19,22,23);5-16H2,1-4H3;4-9H2,1-3H3,(H,14,16);4-8H2,1-3H3,(H,12,15)(H,13,14);1H,(H2,6,7,8,9);1H2;1H4;1H,(H,2,3)/q;+1;;;;;;/p-2. The summed E-state index contributed by atoms with van der Waals surface area (Å²) >= 11 is 7.16. The van der Waals surface area contributed by atoms with Crippen molar-refractivity contribution in [3.05, 3.63) is 65.7 Å². The molecule has 99 heavy (non-hydrogen) atoms. The van der Waals surface area contributed by atoms with Crippen LogP contribution in [0.15, 0.2) is 31.6 Å². The highest BCUT2D eigenvalue weighted by Crippen LogP contribution is 2.17. The zero-order chi connectivity index (χ0) is 76.4. The van der Waals surface area contributed by atoms with Crippen molar-refractivity contribution in [1.29, 1.82) is 0 Å². The fraction of sp³-hybridized carbons (Fsp3) is 0.770. The molecule has 2 rings (SSSR count). The highest BCUT2D eigenvalue weighted by Gasteiger charge is 2.25. The predicted octanol–water partition coefficient (Wildman–Crippen LogP) is 9.83. The molecule has 0 bridgehead atoms. The first-order valence-corrected chi connectivity index (χ1v) is 36.2. The van der Waals surface area contributed by atoms with Gasteiger partial charge in [-0.1, -0.05) is 103 Å². The van der Waals surface area contributed by atoms with Crippen molar-refractivity contribution in [3.63, 3.8) is 0 Å². The Morgan fingerprint density at radius 2 is 0.949 bits per heavy atom. The zero-order valence-electron chi connectivity index (χ0n) is 58.9. The number of esters is 2. The number of quaternary nitrogens is 1. The van der Waals surface area contributed by atoms with Gasteiger partial charge in [0.2, 0.25) is 11.6 Å². The minimum absolute atomic E-state index is 0. The van der Waals surface area contributed by atoms with Crippen LogP contribution in [0.1, 0.15) is 226 Å². The molecule has 0 spiro atoms. The van der Waals surface area contributed by atoms with E-state index in [4.69, 9.17) is 61.3 Å². The Hall–Kier alpha value is -5.79. The minimum Gasteiger partial charge on any atom is -0.750 e. The predicted molar refractivity (Wildman–Crippen MR) is 370 cm³/mol. The third kappa shape index (κ3) is 76.2. The van der Waals surface area contributed by atoms with E-state index in [0.717, 1.165) is 36.7 Å². The van der Waals surface area contributed by atoms with Gasteiger partial charge in [-0.2, -0.15) is 17.2 Å². The minimum atomic E-state index is -3.83. The van der Waals surface area contributed by atoms with E-state index in [9.17, 15) is 65.1 Å². The van der Waals surface area contributed by atoms with E-state index in [2.05, 4.69) is 67.6 Å². The molecule has 0 aliphatic rings. The molecule has 582 valence electrons. The summed E-state index contributed by atoms with van der Waals surface area (Å²) in [5, 5.41) is 24.8. The number of hydrogen-bond acceptors (Lipinski definition) is 22. The lowest BCUT2D eigenvalue weighted by Gasteiger charge is -2.39. The number of nitrogens with one attached hydrogen (secondary N) is 6. The number of aliphatic carboxylic acids is 1. The Morgan fingerprint density at radius 1 is 0.596 bits per heavy atom. The lowest BCUT2D eigenvalue weighted by Crippen LogP contribution is -2.50. The number of aromatic amines is 3. The number of nitrogens with zero attached hydrogens (tertiary/aromatic N) is 2. The molecule has 1 atom stereocenters. The van der Waals surface area contributed by atoms with Crippen LogP contribution in [0, 0.1) is 11.6 Å². The Balaban J connectivity index is -0.000000267. The summed E-state index contributed by atoms with van der Waals surface area (Å²) in [7, 11) is 0.665. The summed E-state index contributed by atoms with van der Waals surface area (Å²) in [5.74, 6) is -3.75. The van der Waals surface area contributed by atoms with E-state index in [1.54, 1.807) is 51.5 Å². The quantitative estimate of drug-likeness (QED) is 0.00384. The topological polar surface area (TPSA) is 441 Å². The monoisotopic (exact) mass is 1530 g/mol. The van der Waals surface area contributed by atoms with Gasteiger partial charge in [0.15, 0.2) is 12.8 Å². The average Bonchev–Trinajstić information content (AvgIpc) is 0.971. The van der Waals surface area contributed by atoms with Crippen LogP contribution in [-0.2, 0) is 74.0 Å². The maximum atomic E-state index is 13.1. The third-order valence-electron chi connectivity index (χ3n) is 11.7. The third-order valence-corrected chi connectivity index (χ3v) is 12.8. The van der Waals surface area contributed by atoms with Crippen molar-refractivity contribution < 1.29 is 102 Å². The van der Waals surface area contributed by atoms with E-state index in [0.29, 0.717) is 64.1 Å². The Kier molecular flexibility index (Phi) is 65.3. The molecule has 0 fully saturated rings. The number of carboxylic acid groups (broad SMARTS) is 1. The Morgan fingerprint density at radius 3 is 1.23 bits per heavy atom. The molecule has 0 radical (unpaired) electrons. The van der Waals surface area contributed by atoms with Gasteiger partial charge < -0.3 is 68.4 Å². The molecule has 38 heteroatoms. The zero-order valence-corrected chi connectivity index (χ0v) is 62.8. The largest absolute Gasteiger partial charge is 0.750 e. The molecule has 2 heterocycles. The molecule has 0 saturated heterocycles. The number of carbonyl (C=O) groups excluding carboxylic acids is 5. The van der Waals surface area contributed by atoms with Crippen LogP contribution in [0.2, 0.25) is 0 Å². The van der Waals surface area contributed by atoms with Gasteiger partial charge in [-0.05, 0) is 127 Å². The van der Waals surface area contributed by atoms with E-state index in [1.165, 1.54) is 82.0 Å². The highest BCUT2D eigenvalue weighted by atomic mass is 35.7. The van der Waals surface area contributed by atoms with Crippen molar-refractivity contribution in [2.24, 2.45) is 0 Å². The summed E-state index contributed by atoms with van der Waals surface area (Å²) in [6, 6.07) is -0.537. The van der Waals surface area contributed by atoms with Gasteiger partial charge in [0.1, 0.15) is 22.9 Å². The van der Waals surface area contributed by atoms with Gasteiger partial charge in [0, 0.05) is 55.8 Å². The van der Waals surface area contributed by atoms with Gasteiger partial charge in [0.25, 0.3) is 11.1 Å². The summed E-state index contributed by atoms with van der Waals surface area (Å²) < 4.78 is 95.0. The maximum Gasteiger partial charge on any atom is 0.407 e. The molecule has 0 saturated carbocycles. The van der Waals surface area contributed by atoms with Crippen LogP contribution in [0.5, 0.6) is 0 Å². The number of unbranched alkanes of at least 4 members (excludes halogenated alkanes) is 10. The number of ether oxygens (including phenoxy) is 5. The van der Waals surface area contributed by atoms with Crippen molar-refractivity contribution in [3.8, 4) is 0 Å². The fourth-order valence-corrected chi connectivity index (χ4v) is 8.10. The second-order valence-corrected chi connectivity index (χ2v) is 27.2. The van der Waals surface area contributed by atoms with Crippen molar-refractivity contribution in [1.82, 2.24) is 35.5 Å². The van der Waals surface area contributed by atoms with Crippen LogP contribution in [0.25, 0.3) is 0 Å². The molecule has 0 aromatic carbocycles. The number of alkyl carbamates (subject to hydrolysis) is 3. The number of hydrogen-bond donors (Lipinski definition) is 7. The van der Waals surface area contributed by atoms with E-state index < -0.39 is 115 Å². The number of carboxylic acids is 1. The first kappa shape index (κ1) is 104. The summed E-state index contributed by atoms with van der Waals surface area (Å²) in [6.45, 7) is 32.2. The van der Waals surface area contributed by atoms with Crippen molar-refractivity contribution in [2.75, 3.05) is 57.9 Å². The smallest absolute Gasteiger partial charge is 0.407 e. The van der Waals surface area contributed by atoms with Crippen LogP contribution in [0.4, 0.5) is 23.2 Å². The molecule has 2 aromatic rings. The fourth-order valence-electron chi connectivity index (χ4n) is 7.25. The van der Waals surface area contributed by atoms with Crippen LogP contribution < -0.4 is 43.7 Å². The lowest BCUT2D eigenvalue weighted by atomic mass is 10.1. The van der Waals surface area contributed by atoms with Crippen LogP contribution in [0.3, 0.4) is 0 Å². The van der Waals surface area contributed by atoms with Gasteiger partial charge in [-0.25, -0.2) is 32.4 Å². The molecule has 0 aliphatic carbocycles. The molecule has 3 amide bonds. The normalized spacial score (nSPS) is 11.2. The molecular weight excluding hydrogens is 1420 g/mol. The van der Waals surface area contributed by atoms with Crippen molar-refractivity contribution >= 4 is 90.8 Å². The maximum absolute atomic E-state index is 13.1. The SMILES string of the molecule is C.CC(C)(C)OC(=O)NCCCCCC(=O)O.CC(C)(C)OC(=O)NCCCCCC(=O)OCCl.CC(C)(C)OC(=O)NCCCCCC(=O)OCn1cc(F)c(=O)[nH]c1=O.CCCC[N+](CCCC)(CCCC)CCCC.O=S(=O)(Cl)OCCl.O=S([O-])O[O-].O=c1[nH]cc(F)c(=O)[nH]1. The first-order valence-electron chi connectivity index (χ1n) is 31.9. The number of halogens is 5. The molecule has 0 aliphatic heterocycles. The molecule has 1 unspecified atom stereocenters. The summed E-state index contributed by atoms with van der Waals surface area (Å²) in [6.07, 6.45) is 18.2. The van der Waals surface area contributed by atoms with Gasteiger partial charge in [-0.15, -0.1) is 0 Å². The lowest BCUT2D eigenvalue weighted by molar-refractivity contribution is -0.929. The summed E-state index contributed by atoms with van der Waals surface area (Å²) in [5.41, 5.74) is -5.21. The number of aromatic nitrogens is 4. The first-order chi connectivity index (χ1) is 45.5. The Bertz CT molecular complexity index is 2830. The number of rotatable bonds is 36. The van der Waals surface area contributed by atoms with E-state index in [-0.39, 0.29) is 32.3 Å². The number of carbonyl (C=O) groups is 6. The molecule has 2 aromatic heterocycles. The number of amides is 3. The van der Waals surface area contributed by atoms with Crippen LogP contribution >= 0.6 is 33.9 Å². The van der Waals surface area contributed by atoms with E-state index in [1.807, 2.05) is 25.8 Å². The molecular formula is C61H112Cl3F2N8O23S2-. The van der Waals surface area contributed by atoms with Gasteiger partial charge >= 0.3 is 56.9 Å². The van der Waals surface area contributed by atoms with E-state index >= 15 is 0 Å². The second kappa shape index (κ2) is 62.0. The highest BCUT2D eigenvalue weighted by molar-refractivity contribution is 8.10. The Labute approximate surface area is 598 Å². The number of alkyl halides is 2. The average molecular weight is 1530 g/mol. The van der Waals surface area contributed by atoms with Gasteiger partial charge in [-0.3, -0.25) is 38.5 Å². The van der Waals surface area contributed by atoms with Gasteiger partial charge in [0.05, 0.1) is 43.7 Å².